The molecule has 2 atom stereocenters. The molecule has 0 radical (unpaired) electrons. The Morgan fingerprint density at radius 1 is 1.19 bits per heavy atom. The highest BCUT2D eigenvalue weighted by atomic mass is 35.5. The normalized spacial score (nSPS) is 18.3. The summed E-state index contributed by atoms with van der Waals surface area (Å²) in [6, 6.07) is 17.3. The fourth-order valence-corrected chi connectivity index (χ4v) is 3.52. The second kappa shape index (κ2) is 6.92. The molecule has 1 saturated heterocycles. The SMILES string of the molecule is CC(c1ccccc1)N1CC(c2noc(-c3cccc(Cl)c3)n2)CC1=O. The maximum Gasteiger partial charge on any atom is 0.257 e. The minimum absolute atomic E-state index is 0.0213. The lowest BCUT2D eigenvalue weighted by Gasteiger charge is -2.25. The summed E-state index contributed by atoms with van der Waals surface area (Å²) in [7, 11) is 0. The minimum Gasteiger partial charge on any atom is -0.335 e. The van der Waals surface area contributed by atoms with Crippen LogP contribution in [0.25, 0.3) is 11.5 Å². The third kappa shape index (κ3) is 3.22. The molecular formula is C20H18ClN3O2. The number of likely N-dealkylation sites (tertiary alicyclic amines) is 1. The van der Waals surface area contributed by atoms with E-state index in [9.17, 15) is 4.79 Å². The molecule has 0 N–H and O–H groups in total. The molecule has 0 spiro atoms. The molecule has 0 aliphatic carbocycles. The van der Waals surface area contributed by atoms with Gasteiger partial charge in [0.1, 0.15) is 0 Å². The van der Waals surface area contributed by atoms with Crippen LogP contribution >= 0.6 is 11.6 Å². The summed E-state index contributed by atoms with van der Waals surface area (Å²) in [5, 5.41) is 4.71. The van der Waals surface area contributed by atoms with Gasteiger partial charge < -0.3 is 9.42 Å². The highest BCUT2D eigenvalue weighted by Gasteiger charge is 2.36. The van der Waals surface area contributed by atoms with Gasteiger partial charge in [-0.1, -0.05) is 53.2 Å². The van der Waals surface area contributed by atoms with Crippen LogP contribution in [0.2, 0.25) is 5.02 Å². The van der Waals surface area contributed by atoms with Crippen molar-refractivity contribution in [3.05, 3.63) is 71.0 Å². The number of aromatic nitrogens is 2. The van der Waals surface area contributed by atoms with E-state index in [1.807, 2.05) is 54.3 Å². The molecular weight excluding hydrogens is 350 g/mol. The number of rotatable bonds is 4. The summed E-state index contributed by atoms with van der Waals surface area (Å²) in [6.45, 7) is 2.63. The average Bonchev–Trinajstić information content (AvgIpc) is 3.29. The molecule has 2 aromatic carbocycles. The van der Waals surface area contributed by atoms with Gasteiger partial charge in [-0.2, -0.15) is 4.98 Å². The van der Waals surface area contributed by atoms with Crippen molar-refractivity contribution < 1.29 is 9.32 Å². The van der Waals surface area contributed by atoms with Crippen molar-refractivity contribution >= 4 is 17.5 Å². The largest absolute Gasteiger partial charge is 0.335 e. The van der Waals surface area contributed by atoms with Crippen LogP contribution in [-0.4, -0.2) is 27.5 Å². The molecule has 1 aliphatic rings. The van der Waals surface area contributed by atoms with Crippen LogP contribution in [-0.2, 0) is 4.79 Å². The van der Waals surface area contributed by atoms with Gasteiger partial charge in [-0.15, -0.1) is 0 Å². The monoisotopic (exact) mass is 367 g/mol. The summed E-state index contributed by atoms with van der Waals surface area (Å²) in [5.41, 5.74) is 1.89. The van der Waals surface area contributed by atoms with E-state index in [0.717, 1.165) is 11.1 Å². The first-order valence-corrected chi connectivity index (χ1v) is 8.93. The van der Waals surface area contributed by atoms with Crippen molar-refractivity contribution in [2.75, 3.05) is 6.54 Å². The molecule has 4 rings (SSSR count). The fourth-order valence-electron chi connectivity index (χ4n) is 3.33. The van der Waals surface area contributed by atoms with Gasteiger partial charge in [-0.05, 0) is 30.7 Å². The number of benzene rings is 2. The van der Waals surface area contributed by atoms with Crippen LogP contribution in [0.1, 0.15) is 36.7 Å². The van der Waals surface area contributed by atoms with Crippen LogP contribution in [0.4, 0.5) is 0 Å². The number of halogens is 1. The van der Waals surface area contributed by atoms with Gasteiger partial charge in [-0.25, -0.2) is 0 Å². The lowest BCUT2D eigenvalue weighted by Crippen LogP contribution is -2.28. The standard InChI is InChI=1S/C20H18ClN3O2/c1-13(14-6-3-2-4-7-14)24-12-16(11-18(24)25)19-22-20(26-23-19)15-8-5-9-17(21)10-15/h2-10,13,16H,11-12H2,1H3. The van der Waals surface area contributed by atoms with Gasteiger partial charge >= 0.3 is 0 Å². The predicted molar refractivity (Wildman–Crippen MR) is 98.7 cm³/mol. The van der Waals surface area contributed by atoms with E-state index in [4.69, 9.17) is 16.1 Å². The summed E-state index contributed by atoms with van der Waals surface area (Å²) < 4.78 is 5.38. The molecule has 26 heavy (non-hydrogen) atoms. The zero-order chi connectivity index (χ0) is 18.1. The van der Waals surface area contributed by atoms with Crippen LogP contribution in [0.3, 0.4) is 0 Å². The van der Waals surface area contributed by atoms with E-state index in [1.54, 1.807) is 12.1 Å². The van der Waals surface area contributed by atoms with Crippen molar-refractivity contribution in [3.63, 3.8) is 0 Å². The van der Waals surface area contributed by atoms with Crippen LogP contribution in [0.5, 0.6) is 0 Å². The Labute approximate surface area is 156 Å². The van der Waals surface area contributed by atoms with E-state index >= 15 is 0 Å². The number of hydrogen-bond donors (Lipinski definition) is 0. The molecule has 0 bridgehead atoms. The molecule has 2 heterocycles. The highest BCUT2D eigenvalue weighted by molar-refractivity contribution is 6.30. The van der Waals surface area contributed by atoms with Crippen molar-refractivity contribution in [1.82, 2.24) is 15.0 Å². The molecule has 2 unspecified atom stereocenters. The average molecular weight is 368 g/mol. The van der Waals surface area contributed by atoms with E-state index in [2.05, 4.69) is 10.1 Å². The Balaban J connectivity index is 1.52. The Bertz CT molecular complexity index is 926. The second-order valence-corrected chi connectivity index (χ2v) is 6.94. The Morgan fingerprint density at radius 2 is 2.00 bits per heavy atom. The van der Waals surface area contributed by atoms with Gasteiger partial charge in [0.25, 0.3) is 5.89 Å². The summed E-state index contributed by atoms with van der Waals surface area (Å²) in [6.07, 6.45) is 0.395. The molecule has 6 heteroatoms. The van der Waals surface area contributed by atoms with E-state index in [-0.39, 0.29) is 17.9 Å². The molecule has 1 aromatic heterocycles. The lowest BCUT2D eigenvalue weighted by atomic mass is 10.1. The zero-order valence-electron chi connectivity index (χ0n) is 14.3. The molecule has 5 nitrogen and oxygen atoms in total. The first-order valence-electron chi connectivity index (χ1n) is 8.56. The van der Waals surface area contributed by atoms with Crippen molar-refractivity contribution in [2.24, 2.45) is 0 Å². The van der Waals surface area contributed by atoms with Crippen molar-refractivity contribution in [2.45, 2.75) is 25.3 Å². The zero-order valence-corrected chi connectivity index (χ0v) is 15.1. The smallest absolute Gasteiger partial charge is 0.257 e. The molecule has 1 amide bonds. The van der Waals surface area contributed by atoms with Gasteiger partial charge in [0.2, 0.25) is 5.91 Å². The van der Waals surface area contributed by atoms with Gasteiger partial charge in [0.15, 0.2) is 5.82 Å². The summed E-state index contributed by atoms with van der Waals surface area (Å²) in [4.78, 5) is 18.9. The predicted octanol–water partition coefficient (Wildman–Crippen LogP) is 4.47. The van der Waals surface area contributed by atoms with Gasteiger partial charge in [0, 0.05) is 29.5 Å². The lowest BCUT2D eigenvalue weighted by molar-refractivity contribution is -0.129. The third-order valence-electron chi connectivity index (χ3n) is 4.79. The van der Waals surface area contributed by atoms with Gasteiger partial charge in [0.05, 0.1) is 6.04 Å². The molecule has 1 aliphatic heterocycles. The topological polar surface area (TPSA) is 59.2 Å². The third-order valence-corrected chi connectivity index (χ3v) is 5.02. The number of carbonyl (C=O) groups excluding carboxylic acids is 1. The minimum atomic E-state index is -0.0645. The molecule has 3 aromatic rings. The molecule has 132 valence electrons. The quantitative estimate of drug-likeness (QED) is 0.682. The van der Waals surface area contributed by atoms with Crippen LogP contribution < -0.4 is 0 Å². The number of hydrogen-bond acceptors (Lipinski definition) is 4. The Morgan fingerprint density at radius 3 is 2.77 bits per heavy atom. The fraction of sp³-hybridized carbons (Fsp3) is 0.250. The summed E-state index contributed by atoms with van der Waals surface area (Å²) >= 11 is 6.02. The maximum absolute atomic E-state index is 12.5. The maximum atomic E-state index is 12.5. The number of amides is 1. The first-order chi connectivity index (χ1) is 12.6. The number of nitrogens with zero attached hydrogens (tertiary/aromatic N) is 3. The van der Waals surface area contributed by atoms with Crippen LogP contribution in [0, 0.1) is 0 Å². The first kappa shape index (κ1) is 16.8. The second-order valence-electron chi connectivity index (χ2n) is 6.50. The van der Waals surface area contributed by atoms with E-state index in [0.29, 0.717) is 29.7 Å². The van der Waals surface area contributed by atoms with Gasteiger partial charge in [-0.3, -0.25) is 4.79 Å². The summed E-state index contributed by atoms with van der Waals surface area (Å²) in [5.74, 6) is 1.03. The Kier molecular flexibility index (Phi) is 4.47. The Hall–Kier alpha value is -2.66. The highest BCUT2D eigenvalue weighted by Crippen LogP contribution is 2.33. The van der Waals surface area contributed by atoms with E-state index < -0.39 is 0 Å². The van der Waals surface area contributed by atoms with E-state index in [1.165, 1.54) is 0 Å². The molecule has 1 fully saturated rings. The van der Waals surface area contributed by atoms with Crippen molar-refractivity contribution in [3.8, 4) is 11.5 Å². The van der Waals surface area contributed by atoms with Crippen molar-refractivity contribution in [1.29, 1.82) is 0 Å². The van der Waals surface area contributed by atoms with Crippen LogP contribution in [0.15, 0.2) is 59.1 Å². The number of carbonyl (C=O) groups is 1. The molecule has 0 saturated carbocycles.